The summed E-state index contributed by atoms with van der Waals surface area (Å²) < 4.78 is 6.18. The molecular formula is C22H32N3O2+. The third-order valence-electron chi connectivity index (χ3n) is 5.91. The van der Waals surface area contributed by atoms with Gasteiger partial charge in [-0.3, -0.25) is 4.79 Å². The zero-order valence-electron chi connectivity index (χ0n) is 17.1. The molecule has 0 aliphatic carbocycles. The topological polar surface area (TPSA) is 55.1 Å². The number of hydrogen-bond acceptors (Lipinski definition) is 3. The number of nitrogens with zero attached hydrogens (tertiary/aromatic N) is 2. The number of carbonyl (C=O) groups is 1. The van der Waals surface area contributed by atoms with Gasteiger partial charge in [-0.05, 0) is 64.5 Å². The molecule has 0 spiro atoms. The molecule has 146 valence electrons. The van der Waals surface area contributed by atoms with E-state index in [9.17, 15) is 4.79 Å². The summed E-state index contributed by atoms with van der Waals surface area (Å²) in [5, 5.41) is 7.31. The molecule has 27 heavy (non-hydrogen) atoms. The van der Waals surface area contributed by atoms with Crippen molar-refractivity contribution in [3.05, 3.63) is 46.3 Å². The normalized spacial score (nSPS) is 16.7. The fraction of sp³-hybridized carbons (Fsp3) is 0.545. The van der Waals surface area contributed by atoms with Crippen molar-refractivity contribution in [1.29, 1.82) is 0 Å². The smallest absolute Gasteiger partial charge is 0.279 e. The molecule has 1 amide bonds. The molecule has 1 aliphatic heterocycles. The largest absolute Gasteiger partial charge is 0.361 e. The Labute approximate surface area is 162 Å². The van der Waals surface area contributed by atoms with E-state index in [1.807, 2.05) is 45.9 Å². The number of aryl methyl sites for hydroxylation is 4. The number of carbonyl (C=O) groups excluding carboxylic acids is 1. The second kappa shape index (κ2) is 8.26. The van der Waals surface area contributed by atoms with Gasteiger partial charge < -0.3 is 14.3 Å². The molecule has 3 rings (SSSR count). The predicted octanol–water partition coefficient (Wildman–Crippen LogP) is 4.44. The number of anilines is 1. The summed E-state index contributed by atoms with van der Waals surface area (Å²) in [5.41, 5.74) is 5.28. The van der Waals surface area contributed by atoms with E-state index in [0.717, 1.165) is 57.9 Å². The Morgan fingerprint density at radius 2 is 1.70 bits per heavy atom. The minimum Gasteiger partial charge on any atom is -0.361 e. The van der Waals surface area contributed by atoms with Crippen LogP contribution in [0.25, 0.3) is 0 Å². The summed E-state index contributed by atoms with van der Waals surface area (Å²) in [6, 6.07) is 6.12. The van der Waals surface area contributed by atoms with Gasteiger partial charge in [-0.15, -0.1) is 0 Å². The van der Waals surface area contributed by atoms with Gasteiger partial charge in [0.05, 0.1) is 24.3 Å². The third-order valence-corrected chi connectivity index (χ3v) is 5.91. The molecule has 0 atom stereocenters. The van der Waals surface area contributed by atoms with E-state index in [-0.39, 0.29) is 5.91 Å². The molecule has 1 aliphatic rings. The van der Waals surface area contributed by atoms with Crippen molar-refractivity contribution in [2.75, 3.05) is 25.0 Å². The Balaban J connectivity index is 1.82. The highest BCUT2D eigenvalue weighted by molar-refractivity contribution is 5.93. The minimum atomic E-state index is 0.0982. The van der Waals surface area contributed by atoms with Crippen LogP contribution in [0.5, 0.6) is 0 Å². The van der Waals surface area contributed by atoms with Crippen molar-refractivity contribution < 1.29 is 13.8 Å². The van der Waals surface area contributed by atoms with Crippen LogP contribution in [0.4, 0.5) is 5.69 Å². The molecule has 5 heteroatoms. The molecule has 2 heterocycles. The zero-order chi connectivity index (χ0) is 19.4. The molecule has 1 saturated heterocycles. The van der Waals surface area contributed by atoms with E-state index in [0.29, 0.717) is 6.54 Å². The molecule has 0 saturated carbocycles. The van der Waals surface area contributed by atoms with Gasteiger partial charge in [0.15, 0.2) is 6.54 Å². The van der Waals surface area contributed by atoms with Gasteiger partial charge in [-0.1, -0.05) is 23.4 Å². The van der Waals surface area contributed by atoms with Crippen molar-refractivity contribution in [3.63, 3.8) is 0 Å². The van der Waals surface area contributed by atoms with Crippen molar-refractivity contribution in [2.45, 2.75) is 59.9 Å². The van der Waals surface area contributed by atoms with Gasteiger partial charge in [-0.2, -0.15) is 0 Å². The average Bonchev–Trinajstić information content (AvgIpc) is 2.82. The van der Waals surface area contributed by atoms with Gasteiger partial charge in [0.2, 0.25) is 0 Å². The van der Waals surface area contributed by atoms with Gasteiger partial charge in [0, 0.05) is 5.69 Å². The van der Waals surface area contributed by atoms with Crippen LogP contribution in [0.2, 0.25) is 0 Å². The first kappa shape index (κ1) is 19.6. The molecular weight excluding hydrogens is 338 g/mol. The van der Waals surface area contributed by atoms with E-state index in [4.69, 9.17) is 4.52 Å². The highest BCUT2D eigenvalue weighted by Gasteiger charge is 2.34. The second-order valence-corrected chi connectivity index (χ2v) is 8.14. The number of hydrogen-bond donors (Lipinski definition) is 1. The van der Waals surface area contributed by atoms with Gasteiger partial charge in [0.25, 0.3) is 5.91 Å². The molecule has 0 bridgehead atoms. The number of para-hydroxylation sites is 1. The van der Waals surface area contributed by atoms with Crippen molar-refractivity contribution in [1.82, 2.24) is 5.16 Å². The van der Waals surface area contributed by atoms with Crippen LogP contribution in [0.3, 0.4) is 0 Å². The first-order valence-corrected chi connectivity index (χ1v) is 10.0. The monoisotopic (exact) mass is 370 g/mol. The Hall–Kier alpha value is -2.14. The first-order chi connectivity index (χ1) is 12.9. The van der Waals surface area contributed by atoms with Crippen LogP contribution in [0.15, 0.2) is 22.7 Å². The van der Waals surface area contributed by atoms with E-state index in [1.165, 1.54) is 25.7 Å². The van der Waals surface area contributed by atoms with E-state index in [2.05, 4.69) is 10.5 Å². The lowest BCUT2D eigenvalue weighted by atomic mass is 10.1. The number of nitrogens with one attached hydrogen (secondary N) is 1. The second-order valence-electron chi connectivity index (χ2n) is 8.14. The molecule has 2 aromatic rings. The third kappa shape index (κ3) is 4.59. The van der Waals surface area contributed by atoms with Crippen LogP contribution < -0.4 is 5.32 Å². The molecule has 5 nitrogen and oxygen atoms in total. The van der Waals surface area contributed by atoms with Crippen molar-refractivity contribution in [3.8, 4) is 0 Å². The Kier molecular flexibility index (Phi) is 6.00. The minimum absolute atomic E-state index is 0.0982. The van der Waals surface area contributed by atoms with Crippen LogP contribution in [-0.2, 0) is 11.3 Å². The number of quaternary nitrogens is 1. The van der Waals surface area contributed by atoms with Crippen molar-refractivity contribution >= 4 is 11.6 Å². The molecule has 1 N–H and O–H groups in total. The van der Waals surface area contributed by atoms with Gasteiger partial charge in [-0.25, -0.2) is 0 Å². The summed E-state index contributed by atoms with van der Waals surface area (Å²) in [6.45, 7) is 11.4. The molecule has 1 aromatic carbocycles. The zero-order valence-corrected chi connectivity index (χ0v) is 17.1. The summed E-state index contributed by atoms with van der Waals surface area (Å²) in [6.07, 6.45) is 4.83. The standard InChI is InChI=1S/C22H31N3O2/c1-16-10-9-11-17(2)22(16)23-21(26)15-25(12-7-5-6-8-13-25)14-20-18(3)24-27-19(20)4/h9-11H,5-8,12-15H2,1-4H3/p+1. The maximum atomic E-state index is 13.0. The number of aromatic nitrogens is 1. The number of rotatable bonds is 5. The molecule has 1 aromatic heterocycles. The number of amides is 1. The summed E-state index contributed by atoms with van der Waals surface area (Å²) in [7, 11) is 0. The van der Waals surface area contributed by atoms with E-state index in [1.54, 1.807) is 0 Å². The lowest BCUT2D eigenvalue weighted by Gasteiger charge is -2.37. The van der Waals surface area contributed by atoms with Gasteiger partial charge in [0.1, 0.15) is 12.3 Å². The maximum Gasteiger partial charge on any atom is 0.279 e. The summed E-state index contributed by atoms with van der Waals surface area (Å²) in [4.78, 5) is 13.0. The Bertz CT molecular complexity index is 762. The summed E-state index contributed by atoms with van der Waals surface area (Å²) in [5.74, 6) is 0.977. The predicted molar refractivity (Wildman–Crippen MR) is 108 cm³/mol. The lowest BCUT2D eigenvalue weighted by molar-refractivity contribution is -0.932. The fourth-order valence-electron chi connectivity index (χ4n) is 4.29. The number of likely N-dealkylation sites (tertiary alicyclic amines) is 1. The Morgan fingerprint density at radius 1 is 1.07 bits per heavy atom. The number of benzene rings is 1. The van der Waals surface area contributed by atoms with Crippen LogP contribution in [0.1, 0.15) is 53.8 Å². The van der Waals surface area contributed by atoms with Crippen LogP contribution >= 0.6 is 0 Å². The Morgan fingerprint density at radius 3 is 2.26 bits per heavy atom. The fourth-order valence-corrected chi connectivity index (χ4v) is 4.29. The van der Waals surface area contributed by atoms with Crippen LogP contribution in [0, 0.1) is 27.7 Å². The molecule has 1 fully saturated rings. The maximum absolute atomic E-state index is 13.0. The van der Waals surface area contributed by atoms with E-state index < -0.39 is 0 Å². The highest BCUT2D eigenvalue weighted by Crippen LogP contribution is 2.26. The SMILES string of the molecule is Cc1cccc(C)c1NC(=O)C[N+]1(Cc2c(C)noc2C)CCCCCC1. The first-order valence-electron chi connectivity index (χ1n) is 10.0. The summed E-state index contributed by atoms with van der Waals surface area (Å²) >= 11 is 0. The lowest BCUT2D eigenvalue weighted by Crippen LogP contribution is -2.52. The van der Waals surface area contributed by atoms with Crippen molar-refractivity contribution in [2.24, 2.45) is 0 Å². The van der Waals surface area contributed by atoms with E-state index >= 15 is 0 Å². The quantitative estimate of drug-likeness (QED) is 0.792. The molecule has 0 unspecified atom stereocenters. The van der Waals surface area contributed by atoms with Crippen LogP contribution in [-0.4, -0.2) is 35.2 Å². The molecule has 0 radical (unpaired) electrons. The van der Waals surface area contributed by atoms with Gasteiger partial charge >= 0.3 is 0 Å². The average molecular weight is 371 g/mol. The highest BCUT2D eigenvalue weighted by atomic mass is 16.5.